The van der Waals surface area contributed by atoms with E-state index in [1.165, 1.54) is 11.0 Å². The lowest BCUT2D eigenvalue weighted by atomic mass is 10.0. The molecule has 2 amide bonds. The van der Waals surface area contributed by atoms with Crippen molar-refractivity contribution >= 4 is 23.3 Å². The van der Waals surface area contributed by atoms with Crippen LogP contribution in [-0.4, -0.2) is 24.6 Å². The predicted molar refractivity (Wildman–Crippen MR) is 143 cm³/mol. The zero-order chi connectivity index (χ0) is 27.6. The minimum atomic E-state index is -4.49. The highest BCUT2D eigenvalue weighted by atomic mass is 35.5. The molecule has 1 aliphatic heterocycles. The van der Waals surface area contributed by atoms with E-state index in [4.69, 9.17) is 21.1 Å². The van der Waals surface area contributed by atoms with Gasteiger partial charge in [0.15, 0.2) is 0 Å². The Labute approximate surface area is 228 Å². The van der Waals surface area contributed by atoms with Gasteiger partial charge in [-0.3, -0.25) is 4.90 Å². The van der Waals surface area contributed by atoms with Crippen LogP contribution < -0.4 is 14.4 Å². The standard InChI is InChI=1S/C30H24ClF3N2O3/c1-38-25-11-5-20(6-12-25)18-35-19-28(21-3-2-4-22(17-21)30(32,33)34)36(29(35)37)24-9-15-27(16-10-24)39-26-13-7-23(31)8-14-26/h2-17,28H,18-19H2,1H3/t28-/m1/s1. The van der Waals surface area contributed by atoms with Gasteiger partial charge in [0.25, 0.3) is 0 Å². The average molecular weight is 553 g/mol. The number of alkyl halides is 3. The molecule has 1 atom stereocenters. The Kier molecular flexibility index (Phi) is 7.39. The molecule has 0 spiro atoms. The number of methoxy groups -OCH3 is 1. The number of anilines is 1. The smallest absolute Gasteiger partial charge is 0.416 e. The van der Waals surface area contributed by atoms with Gasteiger partial charge in [-0.2, -0.15) is 13.2 Å². The van der Waals surface area contributed by atoms with Gasteiger partial charge >= 0.3 is 12.2 Å². The molecular weight excluding hydrogens is 529 g/mol. The minimum absolute atomic E-state index is 0.217. The first-order chi connectivity index (χ1) is 18.7. The first kappa shape index (κ1) is 26.4. The summed E-state index contributed by atoms with van der Waals surface area (Å²) in [5.74, 6) is 1.83. The fourth-order valence-corrected chi connectivity index (χ4v) is 4.64. The number of hydrogen-bond acceptors (Lipinski definition) is 3. The van der Waals surface area contributed by atoms with Crippen molar-refractivity contribution in [1.29, 1.82) is 0 Å². The number of halogens is 4. The zero-order valence-corrected chi connectivity index (χ0v) is 21.6. The molecule has 0 aromatic heterocycles. The highest BCUT2D eigenvalue weighted by Crippen LogP contribution is 2.38. The molecule has 1 saturated heterocycles. The summed E-state index contributed by atoms with van der Waals surface area (Å²) in [5.41, 5.74) is 1.06. The normalized spacial score (nSPS) is 15.5. The second kappa shape index (κ2) is 10.9. The van der Waals surface area contributed by atoms with Gasteiger partial charge in [-0.05, 0) is 83.9 Å². The Morgan fingerprint density at radius 1 is 0.872 bits per heavy atom. The predicted octanol–water partition coefficient (Wildman–Crippen LogP) is 8.34. The Morgan fingerprint density at radius 3 is 2.10 bits per heavy atom. The number of hydrogen-bond donors (Lipinski definition) is 0. The second-order valence-corrected chi connectivity index (χ2v) is 9.51. The third-order valence-electron chi connectivity index (χ3n) is 6.48. The monoisotopic (exact) mass is 552 g/mol. The van der Waals surface area contributed by atoms with Crippen LogP contribution in [0.5, 0.6) is 17.2 Å². The molecule has 1 fully saturated rings. The Balaban J connectivity index is 1.44. The van der Waals surface area contributed by atoms with E-state index in [0.29, 0.717) is 40.1 Å². The van der Waals surface area contributed by atoms with Gasteiger partial charge in [-0.15, -0.1) is 0 Å². The summed E-state index contributed by atoms with van der Waals surface area (Å²) in [4.78, 5) is 16.8. The van der Waals surface area contributed by atoms with E-state index in [1.807, 2.05) is 12.1 Å². The summed E-state index contributed by atoms with van der Waals surface area (Å²) >= 11 is 5.93. The summed E-state index contributed by atoms with van der Waals surface area (Å²) < 4.78 is 51.6. The third-order valence-corrected chi connectivity index (χ3v) is 6.73. The van der Waals surface area contributed by atoms with Gasteiger partial charge in [0.2, 0.25) is 0 Å². The van der Waals surface area contributed by atoms with E-state index in [2.05, 4.69) is 0 Å². The number of carbonyl (C=O) groups is 1. The number of urea groups is 1. The van der Waals surface area contributed by atoms with Crippen molar-refractivity contribution in [3.8, 4) is 17.2 Å². The molecule has 1 aliphatic rings. The molecule has 39 heavy (non-hydrogen) atoms. The van der Waals surface area contributed by atoms with E-state index < -0.39 is 17.8 Å². The third kappa shape index (κ3) is 5.96. The SMILES string of the molecule is COc1ccc(CN2C[C@H](c3cccc(C(F)(F)F)c3)N(c3ccc(Oc4ccc(Cl)cc4)cc3)C2=O)cc1. The zero-order valence-electron chi connectivity index (χ0n) is 20.9. The fraction of sp³-hybridized carbons (Fsp3) is 0.167. The van der Waals surface area contributed by atoms with E-state index in [9.17, 15) is 18.0 Å². The molecule has 0 aliphatic carbocycles. The lowest BCUT2D eigenvalue weighted by Gasteiger charge is -2.24. The van der Waals surface area contributed by atoms with Crippen molar-refractivity contribution in [2.45, 2.75) is 18.8 Å². The van der Waals surface area contributed by atoms with Gasteiger partial charge in [0, 0.05) is 23.8 Å². The van der Waals surface area contributed by atoms with E-state index in [-0.39, 0.29) is 12.6 Å². The Hall–Kier alpha value is -4.17. The van der Waals surface area contributed by atoms with Crippen LogP contribution in [0.2, 0.25) is 5.02 Å². The number of amides is 2. The highest BCUT2D eigenvalue weighted by molar-refractivity contribution is 6.30. The molecule has 0 saturated carbocycles. The highest BCUT2D eigenvalue weighted by Gasteiger charge is 2.40. The number of nitrogens with zero attached hydrogens (tertiary/aromatic N) is 2. The molecule has 200 valence electrons. The van der Waals surface area contributed by atoms with E-state index in [0.717, 1.165) is 17.7 Å². The van der Waals surface area contributed by atoms with Gasteiger partial charge < -0.3 is 14.4 Å². The van der Waals surface area contributed by atoms with Crippen molar-refractivity contribution in [1.82, 2.24) is 4.90 Å². The molecule has 5 nitrogen and oxygen atoms in total. The lowest BCUT2D eigenvalue weighted by molar-refractivity contribution is -0.137. The van der Waals surface area contributed by atoms with Crippen molar-refractivity contribution in [2.24, 2.45) is 0 Å². The van der Waals surface area contributed by atoms with Crippen LogP contribution in [0.4, 0.5) is 23.7 Å². The minimum Gasteiger partial charge on any atom is -0.497 e. The summed E-state index contributed by atoms with van der Waals surface area (Å²) in [6.45, 7) is 0.516. The quantitative estimate of drug-likeness (QED) is 0.231. The molecule has 1 heterocycles. The van der Waals surface area contributed by atoms with Crippen molar-refractivity contribution in [3.63, 3.8) is 0 Å². The molecular formula is C30H24ClF3N2O3. The molecule has 0 radical (unpaired) electrons. The van der Waals surface area contributed by atoms with Gasteiger partial charge in [-0.1, -0.05) is 35.9 Å². The molecule has 4 aromatic rings. The van der Waals surface area contributed by atoms with Crippen LogP contribution in [0.15, 0.2) is 97.1 Å². The average Bonchev–Trinajstić information content (AvgIpc) is 3.26. The van der Waals surface area contributed by atoms with Gasteiger partial charge in [0.1, 0.15) is 17.2 Å². The summed E-state index contributed by atoms with van der Waals surface area (Å²) in [6.07, 6.45) is -4.49. The fourth-order valence-electron chi connectivity index (χ4n) is 4.52. The number of rotatable bonds is 7. The lowest BCUT2D eigenvalue weighted by Crippen LogP contribution is -2.32. The van der Waals surface area contributed by atoms with Crippen LogP contribution in [0.3, 0.4) is 0 Å². The Morgan fingerprint density at radius 2 is 1.49 bits per heavy atom. The van der Waals surface area contributed by atoms with Crippen molar-refractivity contribution in [3.05, 3.63) is 119 Å². The molecule has 0 N–H and O–H groups in total. The van der Waals surface area contributed by atoms with Crippen LogP contribution in [0.25, 0.3) is 0 Å². The Bertz CT molecular complexity index is 1440. The van der Waals surface area contributed by atoms with Gasteiger partial charge in [-0.25, -0.2) is 4.79 Å². The second-order valence-electron chi connectivity index (χ2n) is 9.07. The van der Waals surface area contributed by atoms with Crippen LogP contribution in [-0.2, 0) is 12.7 Å². The maximum absolute atomic E-state index is 13.7. The van der Waals surface area contributed by atoms with Gasteiger partial charge in [0.05, 0.1) is 18.7 Å². The maximum Gasteiger partial charge on any atom is 0.416 e. The summed E-state index contributed by atoms with van der Waals surface area (Å²) in [5, 5.41) is 0.588. The maximum atomic E-state index is 13.7. The first-order valence-corrected chi connectivity index (χ1v) is 12.5. The van der Waals surface area contributed by atoms with E-state index in [1.54, 1.807) is 78.7 Å². The number of benzene rings is 4. The summed E-state index contributed by atoms with van der Waals surface area (Å²) in [7, 11) is 1.57. The molecule has 4 aromatic carbocycles. The first-order valence-electron chi connectivity index (χ1n) is 12.1. The molecule has 0 unspecified atom stereocenters. The number of carbonyl (C=O) groups excluding carboxylic acids is 1. The van der Waals surface area contributed by atoms with Crippen LogP contribution >= 0.6 is 11.6 Å². The van der Waals surface area contributed by atoms with Crippen LogP contribution in [0.1, 0.15) is 22.7 Å². The van der Waals surface area contributed by atoms with Crippen LogP contribution in [0, 0.1) is 0 Å². The van der Waals surface area contributed by atoms with Crippen molar-refractivity contribution < 1.29 is 27.4 Å². The molecule has 0 bridgehead atoms. The van der Waals surface area contributed by atoms with E-state index >= 15 is 0 Å². The molecule has 9 heteroatoms. The number of ether oxygens (including phenoxy) is 2. The van der Waals surface area contributed by atoms with Crippen molar-refractivity contribution in [2.75, 3.05) is 18.6 Å². The molecule has 5 rings (SSSR count). The largest absolute Gasteiger partial charge is 0.497 e. The summed E-state index contributed by atoms with van der Waals surface area (Å²) in [6, 6.07) is 25.3. The topological polar surface area (TPSA) is 42.0 Å².